The van der Waals surface area contributed by atoms with E-state index < -0.39 is 0 Å². The monoisotopic (exact) mass is 267 g/mol. The second-order valence-corrected chi connectivity index (χ2v) is 6.84. The fourth-order valence-corrected chi connectivity index (χ4v) is 4.09. The molecule has 0 aromatic rings. The van der Waals surface area contributed by atoms with E-state index in [4.69, 9.17) is 0 Å². The van der Waals surface area contributed by atoms with Gasteiger partial charge in [0.05, 0.1) is 0 Å². The third kappa shape index (κ3) is 3.50. The Morgan fingerprint density at radius 1 is 1.00 bits per heavy atom. The third-order valence-electron chi connectivity index (χ3n) is 5.24. The minimum atomic E-state index is 0.718. The fourth-order valence-electron chi connectivity index (χ4n) is 4.09. The zero-order valence-electron chi connectivity index (χ0n) is 13.6. The maximum atomic E-state index is 2.78. The van der Waals surface area contributed by atoms with Crippen LogP contribution in [0, 0.1) is 0 Å². The van der Waals surface area contributed by atoms with Crippen LogP contribution in [0.5, 0.6) is 0 Å². The van der Waals surface area contributed by atoms with Crippen molar-refractivity contribution in [3.63, 3.8) is 0 Å². The molecule has 2 saturated heterocycles. The number of hydrogen-bond acceptors (Lipinski definition) is 3. The Labute approximate surface area is 119 Å². The van der Waals surface area contributed by atoms with Gasteiger partial charge in [0.25, 0.3) is 0 Å². The maximum absolute atomic E-state index is 2.78. The lowest BCUT2D eigenvalue weighted by atomic mass is 9.98. The Morgan fingerprint density at radius 3 is 1.95 bits per heavy atom. The number of nitrogens with zero attached hydrogens (tertiary/aromatic N) is 3. The van der Waals surface area contributed by atoms with Gasteiger partial charge in [-0.25, -0.2) is 0 Å². The molecule has 2 aliphatic rings. The van der Waals surface area contributed by atoms with Crippen molar-refractivity contribution in [3.05, 3.63) is 0 Å². The molecule has 0 bridgehead atoms. The van der Waals surface area contributed by atoms with Gasteiger partial charge < -0.3 is 4.90 Å². The normalized spacial score (nSPS) is 33.2. The van der Waals surface area contributed by atoms with E-state index in [1.54, 1.807) is 0 Å². The van der Waals surface area contributed by atoms with Crippen LogP contribution >= 0.6 is 0 Å². The highest BCUT2D eigenvalue weighted by Crippen LogP contribution is 2.23. The lowest BCUT2D eigenvalue weighted by molar-refractivity contribution is -0.000334. The van der Waals surface area contributed by atoms with Crippen LogP contribution in [-0.4, -0.2) is 71.6 Å². The molecule has 2 unspecified atom stereocenters. The molecular weight excluding hydrogens is 234 g/mol. The average Bonchev–Trinajstić information content (AvgIpc) is 2.38. The Balaban J connectivity index is 1.87. The largest absolute Gasteiger partial charge is 0.301 e. The summed E-state index contributed by atoms with van der Waals surface area (Å²) in [5.74, 6) is 0. The Kier molecular flexibility index (Phi) is 5.27. The van der Waals surface area contributed by atoms with E-state index in [1.807, 2.05) is 0 Å². The molecule has 0 spiro atoms. The van der Waals surface area contributed by atoms with Gasteiger partial charge in [-0.05, 0) is 60.2 Å². The zero-order valence-corrected chi connectivity index (χ0v) is 13.6. The molecule has 2 fully saturated rings. The zero-order chi connectivity index (χ0) is 14.0. The highest BCUT2D eigenvalue weighted by atomic mass is 15.3. The summed E-state index contributed by atoms with van der Waals surface area (Å²) in [6.45, 7) is 18.1. The minimum Gasteiger partial charge on any atom is -0.301 e. The highest BCUT2D eigenvalue weighted by Gasteiger charge is 2.33. The van der Waals surface area contributed by atoms with Crippen LogP contribution in [0.25, 0.3) is 0 Å². The average molecular weight is 267 g/mol. The summed E-state index contributed by atoms with van der Waals surface area (Å²) in [4.78, 5) is 8.06. The first-order valence-corrected chi connectivity index (χ1v) is 8.26. The van der Waals surface area contributed by atoms with Crippen molar-refractivity contribution in [2.24, 2.45) is 0 Å². The van der Waals surface area contributed by atoms with Gasteiger partial charge in [-0.1, -0.05) is 6.92 Å². The summed E-state index contributed by atoms with van der Waals surface area (Å²) in [6, 6.07) is 2.99. The third-order valence-corrected chi connectivity index (χ3v) is 5.24. The SMILES string of the molecule is CCN1C(C)CN(C2CCN(C(C)C)CC2)CC1C. The van der Waals surface area contributed by atoms with Crippen LogP contribution in [0.2, 0.25) is 0 Å². The summed E-state index contributed by atoms with van der Waals surface area (Å²) in [7, 11) is 0. The van der Waals surface area contributed by atoms with Crippen molar-refractivity contribution in [1.29, 1.82) is 0 Å². The number of likely N-dealkylation sites (tertiary alicyclic amines) is 1. The molecule has 3 heteroatoms. The van der Waals surface area contributed by atoms with E-state index in [9.17, 15) is 0 Å². The van der Waals surface area contributed by atoms with E-state index in [0.717, 1.165) is 24.2 Å². The van der Waals surface area contributed by atoms with Crippen LogP contribution in [0.1, 0.15) is 47.5 Å². The van der Waals surface area contributed by atoms with Crippen LogP contribution in [0.4, 0.5) is 0 Å². The van der Waals surface area contributed by atoms with Gasteiger partial charge in [0.1, 0.15) is 0 Å². The molecule has 0 saturated carbocycles. The molecule has 0 aromatic heterocycles. The second-order valence-electron chi connectivity index (χ2n) is 6.84. The number of hydrogen-bond donors (Lipinski definition) is 0. The van der Waals surface area contributed by atoms with Gasteiger partial charge in [0.2, 0.25) is 0 Å². The topological polar surface area (TPSA) is 9.72 Å². The molecule has 0 aliphatic carbocycles. The van der Waals surface area contributed by atoms with Gasteiger partial charge in [0, 0.05) is 37.3 Å². The number of piperidine rings is 1. The first kappa shape index (κ1) is 15.3. The van der Waals surface area contributed by atoms with E-state index in [1.165, 1.54) is 45.6 Å². The smallest absolute Gasteiger partial charge is 0.0198 e. The number of rotatable bonds is 3. The number of piperazine rings is 1. The summed E-state index contributed by atoms with van der Waals surface area (Å²) >= 11 is 0. The summed E-state index contributed by atoms with van der Waals surface area (Å²) in [5, 5.41) is 0. The van der Waals surface area contributed by atoms with Crippen LogP contribution < -0.4 is 0 Å². The molecule has 0 aromatic carbocycles. The highest BCUT2D eigenvalue weighted by molar-refractivity contribution is 4.90. The first-order valence-electron chi connectivity index (χ1n) is 8.26. The molecule has 19 heavy (non-hydrogen) atoms. The van der Waals surface area contributed by atoms with Crippen molar-refractivity contribution < 1.29 is 0 Å². The van der Waals surface area contributed by atoms with Crippen molar-refractivity contribution in [2.45, 2.75) is 71.6 Å². The molecule has 112 valence electrons. The van der Waals surface area contributed by atoms with Gasteiger partial charge >= 0.3 is 0 Å². The molecule has 0 N–H and O–H groups in total. The standard InChI is InChI=1S/C16H33N3/c1-6-19-14(4)11-18(12-15(19)5)16-7-9-17(10-8-16)13(2)3/h13-16H,6-12H2,1-5H3. The minimum absolute atomic E-state index is 0.718. The van der Waals surface area contributed by atoms with E-state index in [-0.39, 0.29) is 0 Å². The second kappa shape index (κ2) is 6.55. The molecule has 2 aliphatic heterocycles. The van der Waals surface area contributed by atoms with Crippen molar-refractivity contribution >= 4 is 0 Å². The Bertz CT molecular complexity index is 259. The Morgan fingerprint density at radius 2 is 1.53 bits per heavy atom. The molecule has 3 nitrogen and oxygen atoms in total. The predicted molar refractivity (Wildman–Crippen MR) is 82.6 cm³/mol. The van der Waals surface area contributed by atoms with Gasteiger partial charge in [-0.15, -0.1) is 0 Å². The van der Waals surface area contributed by atoms with Crippen molar-refractivity contribution in [2.75, 3.05) is 32.7 Å². The summed E-state index contributed by atoms with van der Waals surface area (Å²) in [5.41, 5.74) is 0. The molecular formula is C16H33N3. The Hall–Kier alpha value is -0.120. The maximum Gasteiger partial charge on any atom is 0.0198 e. The first-order chi connectivity index (χ1) is 9.02. The summed E-state index contributed by atoms with van der Waals surface area (Å²) < 4.78 is 0. The fraction of sp³-hybridized carbons (Fsp3) is 1.00. The molecule has 2 rings (SSSR count). The quantitative estimate of drug-likeness (QED) is 0.777. The van der Waals surface area contributed by atoms with Crippen molar-refractivity contribution in [3.8, 4) is 0 Å². The van der Waals surface area contributed by atoms with Gasteiger partial charge in [0.15, 0.2) is 0 Å². The van der Waals surface area contributed by atoms with E-state index in [2.05, 4.69) is 49.3 Å². The lowest BCUT2D eigenvalue weighted by Crippen LogP contribution is -2.60. The van der Waals surface area contributed by atoms with Gasteiger partial charge in [-0.2, -0.15) is 0 Å². The molecule has 2 atom stereocenters. The van der Waals surface area contributed by atoms with Crippen LogP contribution in [0.3, 0.4) is 0 Å². The summed E-state index contributed by atoms with van der Waals surface area (Å²) in [6.07, 6.45) is 2.73. The van der Waals surface area contributed by atoms with Crippen LogP contribution in [0.15, 0.2) is 0 Å². The molecule has 2 heterocycles. The van der Waals surface area contributed by atoms with Crippen LogP contribution in [-0.2, 0) is 0 Å². The molecule has 0 amide bonds. The van der Waals surface area contributed by atoms with Gasteiger partial charge in [-0.3, -0.25) is 9.80 Å². The van der Waals surface area contributed by atoms with E-state index >= 15 is 0 Å². The van der Waals surface area contributed by atoms with E-state index in [0.29, 0.717) is 0 Å². The predicted octanol–water partition coefficient (Wildman–Crippen LogP) is 2.27. The van der Waals surface area contributed by atoms with Crippen molar-refractivity contribution in [1.82, 2.24) is 14.7 Å². The molecule has 0 radical (unpaired) electrons. The lowest BCUT2D eigenvalue weighted by Gasteiger charge is -2.48. The number of likely N-dealkylation sites (N-methyl/N-ethyl adjacent to an activating group) is 1.